The van der Waals surface area contributed by atoms with Gasteiger partial charge in [-0.25, -0.2) is 13.4 Å². The van der Waals surface area contributed by atoms with Crippen molar-refractivity contribution in [1.29, 1.82) is 0 Å². The van der Waals surface area contributed by atoms with Gasteiger partial charge in [0.15, 0.2) is 0 Å². The van der Waals surface area contributed by atoms with Gasteiger partial charge in [0.2, 0.25) is 10.0 Å². The summed E-state index contributed by atoms with van der Waals surface area (Å²) in [6.45, 7) is 7.84. The Balaban J connectivity index is 1.56. The number of piperazine rings is 1. The summed E-state index contributed by atoms with van der Waals surface area (Å²) >= 11 is 0. The van der Waals surface area contributed by atoms with Gasteiger partial charge in [-0.05, 0) is 44.0 Å². The lowest BCUT2D eigenvalue weighted by atomic mass is 10.1. The van der Waals surface area contributed by atoms with Crippen LogP contribution in [0.3, 0.4) is 0 Å². The Hall–Kier alpha value is -2.52. The monoisotopic (exact) mass is 386 g/mol. The lowest BCUT2D eigenvalue weighted by molar-refractivity contribution is 0.383. The van der Waals surface area contributed by atoms with Crippen LogP contribution < -0.4 is 4.90 Å². The van der Waals surface area contributed by atoms with Crippen molar-refractivity contribution in [2.45, 2.75) is 25.7 Å². The van der Waals surface area contributed by atoms with E-state index >= 15 is 0 Å². The fraction of sp³-hybridized carbons (Fsp3) is 0.389. The maximum atomic E-state index is 13.0. The lowest BCUT2D eigenvalue weighted by Gasteiger charge is -2.35. The normalized spacial score (nSPS) is 16.2. The summed E-state index contributed by atoms with van der Waals surface area (Å²) in [7, 11) is -3.49. The Morgan fingerprint density at radius 1 is 0.963 bits per heavy atom. The maximum absolute atomic E-state index is 13.0. The van der Waals surface area contributed by atoms with Crippen molar-refractivity contribution in [1.82, 2.24) is 23.9 Å². The van der Waals surface area contributed by atoms with Crippen molar-refractivity contribution in [2.75, 3.05) is 31.1 Å². The van der Waals surface area contributed by atoms with Gasteiger partial charge in [-0.15, -0.1) is 0 Å². The minimum atomic E-state index is -3.49. The van der Waals surface area contributed by atoms with Gasteiger partial charge in [-0.1, -0.05) is 6.07 Å². The van der Waals surface area contributed by atoms with Crippen LogP contribution in [0.4, 0.5) is 5.82 Å². The maximum Gasteiger partial charge on any atom is 0.254 e. The first kappa shape index (κ1) is 17.9. The molecule has 8 nitrogen and oxygen atoms in total. The van der Waals surface area contributed by atoms with Crippen LogP contribution in [0.2, 0.25) is 0 Å². The third-order valence-electron chi connectivity index (χ3n) is 5.04. The number of aromatic nitrogens is 4. The van der Waals surface area contributed by atoms with Crippen LogP contribution in [-0.4, -0.2) is 58.5 Å². The second-order valence-electron chi connectivity index (χ2n) is 6.86. The van der Waals surface area contributed by atoms with Gasteiger partial charge in [-0.3, -0.25) is 0 Å². The molecule has 3 aromatic rings. The van der Waals surface area contributed by atoms with Crippen molar-refractivity contribution < 1.29 is 8.42 Å². The number of nitrogens with zero attached hydrogens (tertiary/aromatic N) is 6. The third-order valence-corrected chi connectivity index (χ3v) is 6.93. The minimum Gasteiger partial charge on any atom is -0.354 e. The molecule has 0 unspecified atom stereocenters. The molecular formula is C18H22N6O2S. The highest BCUT2D eigenvalue weighted by Crippen LogP contribution is 2.23. The zero-order chi connectivity index (χ0) is 19.2. The largest absolute Gasteiger partial charge is 0.354 e. The fourth-order valence-corrected chi connectivity index (χ4v) is 4.83. The molecule has 0 radical (unpaired) electrons. The first-order valence-electron chi connectivity index (χ1n) is 8.86. The molecule has 4 rings (SSSR count). The van der Waals surface area contributed by atoms with E-state index in [1.165, 1.54) is 6.33 Å². The van der Waals surface area contributed by atoms with Crippen molar-refractivity contribution in [3.05, 3.63) is 47.4 Å². The predicted molar refractivity (Wildman–Crippen MR) is 102 cm³/mol. The summed E-state index contributed by atoms with van der Waals surface area (Å²) < 4.78 is 29.2. The van der Waals surface area contributed by atoms with Crippen LogP contribution in [0, 0.1) is 20.8 Å². The summed E-state index contributed by atoms with van der Waals surface area (Å²) in [5.74, 6) is 1.44. The first-order valence-corrected chi connectivity index (χ1v) is 10.3. The van der Waals surface area contributed by atoms with Crippen LogP contribution in [0.5, 0.6) is 0 Å². The van der Waals surface area contributed by atoms with E-state index in [0.29, 0.717) is 36.9 Å². The van der Waals surface area contributed by atoms with Crippen molar-refractivity contribution in [2.24, 2.45) is 0 Å². The molecule has 0 atom stereocenters. The van der Waals surface area contributed by atoms with Crippen molar-refractivity contribution in [3.8, 4) is 0 Å². The van der Waals surface area contributed by atoms with Crippen LogP contribution in [0.1, 0.15) is 16.8 Å². The fourth-order valence-electron chi connectivity index (χ4n) is 3.32. The standard InChI is InChI=1S/C18H22N6O2S/c1-13-4-5-16(10-14(13)2)27(25,26)23-8-6-22(7-9-23)17-11-15(3)21-18-19-12-20-24(17)18/h4-5,10-12H,6-9H2,1-3H3. The average Bonchev–Trinajstić information content (AvgIpc) is 3.11. The highest BCUT2D eigenvalue weighted by Gasteiger charge is 2.29. The summed E-state index contributed by atoms with van der Waals surface area (Å²) in [6, 6.07) is 7.26. The van der Waals surface area contributed by atoms with Gasteiger partial charge in [0.25, 0.3) is 5.78 Å². The number of rotatable bonds is 3. The molecule has 0 bridgehead atoms. The van der Waals surface area contributed by atoms with E-state index in [4.69, 9.17) is 0 Å². The smallest absolute Gasteiger partial charge is 0.254 e. The summed E-state index contributed by atoms with van der Waals surface area (Å²) in [4.78, 5) is 11.0. The number of benzene rings is 1. The highest BCUT2D eigenvalue weighted by atomic mass is 32.2. The van der Waals surface area contributed by atoms with Crippen LogP contribution in [0.25, 0.3) is 5.78 Å². The van der Waals surface area contributed by atoms with E-state index in [-0.39, 0.29) is 0 Å². The molecule has 1 saturated heterocycles. The van der Waals surface area contributed by atoms with Gasteiger partial charge >= 0.3 is 0 Å². The Morgan fingerprint density at radius 3 is 2.41 bits per heavy atom. The molecule has 0 saturated carbocycles. The second kappa shape index (κ2) is 6.58. The van der Waals surface area contributed by atoms with Gasteiger partial charge in [-0.2, -0.15) is 18.9 Å². The molecule has 0 spiro atoms. The molecule has 27 heavy (non-hydrogen) atoms. The Bertz CT molecular complexity index is 1100. The first-order chi connectivity index (χ1) is 12.9. The van der Waals surface area contributed by atoms with Gasteiger partial charge in [0, 0.05) is 37.9 Å². The average molecular weight is 386 g/mol. The van der Waals surface area contributed by atoms with Crippen molar-refractivity contribution in [3.63, 3.8) is 0 Å². The number of sulfonamides is 1. The molecule has 1 aromatic carbocycles. The topological polar surface area (TPSA) is 83.7 Å². The number of aryl methyl sites for hydroxylation is 3. The molecule has 2 aromatic heterocycles. The van der Waals surface area contributed by atoms with Gasteiger partial charge < -0.3 is 4.90 Å². The zero-order valence-electron chi connectivity index (χ0n) is 15.6. The van der Waals surface area contributed by atoms with Crippen LogP contribution in [0.15, 0.2) is 35.5 Å². The highest BCUT2D eigenvalue weighted by molar-refractivity contribution is 7.89. The van der Waals surface area contributed by atoms with E-state index in [0.717, 1.165) is 22.6 Å². The second-order valence-corrected chi connectivity index (χ2v) is 8.80. The summed E-state index contributed by atoms with van der Waals surface area (Å²) in [5.41, 5.74) is 2.93. The van der Waals surface area contributed by atoms with E-state index in [1.54, 1.807) is 21.0 Å². The molecule has 0 amide bonds. The zero-order valence-corrected chi connectivity index (χ0v) is 16.4. The van der Waals surface area contributed by atoms with Crippen LogP contribution >= 0.6 is 0 Å². The molecule has 3 heterocycles. The summed E-state index contributed by atoms with van der Waals surface area (Å²) in [6.07, 6.45) is 1.48. The molecular weight excluding hydrogens is 364 g/mol. The summed E-state index contributed by atoms with van der Waals surface area (Å²) in [5, 5.41) is 4.24. The Labute approximate surface area is 158 Å². The number of hydrogen-bond donors (Lipinski definition) is 0. The molecule has 0 N–H and O–H groups in total. The molecule has 1 aliphatic rings. The molecule has 1 aliphatic heterocycles. The number of hydrogen-bond acceptors (Lipinski definition) is 6. The third kappa shape index (κ3) is 3.17. The van der Waals surface area contributed by atoms with Gasteiger partial charge in [0.05, 0.1) is 4.90 Å². The molecule has 142 valence electrons. The number of fused-ring (bicyclic) bond motifs is 1. The van der Waals surface area contributed by atoms with Crippen molar-refractivity contribution >= 4 is 21.6 Å². The number of anilines is 1. The minimum absolute atomic E-state index is 0.359. The lowest BCUT2D eigenvalue weighted by Crippen LogP contribution is -2.49. The Kier molecular flexibility index (Phi) is 4.35. The molecule has 0 aliphatic carbocycles. The quantitative estimate of drug-likeness (QED) is 0.679. The van der Waals surface area contributed by atoms with Crippen LogP contribution in [-0.2, 0) is 10.0 Å². The van der Waals surface area contributed by atoms with Gasteiger partial charge in [0.1, 0.15) is 12.1 Å². The Morgan fingerprint density at radius 2 is 1.70 bits per heavy atom. The van der Waals surface area contributed by atoms with E-state index < -0.39 is 10.0 Å². The molecule has 1 fully saturated rings. The predicted octanol–water partition coefficient (Wildman–Crippen LogP) is 1.56. The van der Waals surface area contributed by atoms with E-state index in [9.17, 15) is 8.42 Å². The molecule has 9 heteroatoms. The SMILES string of the molecule is Cc1cc(N2CCN(S(=O)(=O)c3ccc(C)c(C)c3)CC2)n2ncnc2n1. The van der Waals surface area contributed by atoms with E-state index in [1.807, 2.05) is 32.9 Å². The van der Waals surface area contributed by atoms with E-state index in [2.05, 4.69) is 20.0 Å².